The minimum atomic E-state index is -4.01. The highest BCUT2D eigenvalue weighted by Gasteiger charge is 2.27. The molecule has 0 aliphatic carbocycles. The molecule has 1 aromatic heterocycles. The molecule has 8 nitrogen and oxygen atoms in total. The van der Waals surface area contributed by atoms with Crippen LogP contribution in [0.2, 0.25) is 0 Å². The van der Waals surface area contributed by atoms with E-state index >= 15 is 0 Å². The number of sulfonamides is 1. The lowest BCUT2D eigenvalue weighted by molar-refractivity contribution is -0.121. The third-order valence-electron chi connectivity index (χ3n) is 4.65. The van der Waals surface area contributed by atoms with Crippen LogP contribution in [0, 0.1) is 6.92 Å². The van der Waals surface area contributed by atoms with Gasteiger partial charge in [0.15, 0.2) is 0 Å². The minimum Gasteiger partial charge on any atom is -0.468 e. The Morgan fingerprint density at radius 3 is 2.28 bits per heavy atom. The molecule has 2 amide bonds. The molecule has 0 saturated heterocycles. The smallest absolute Gasteiger partial charge is 0.243 e. The number of carbonyl (C=O) groups excluding carboxylic acids is 2. The summed E-state index contributed by atoms with van der Waals surface area (Å²) in [4.78, 5) is 23.8. The minimum absolute atomic E-state index is 0.00416. The van der Waals surface area contributed by atoms with E-state index in [9.17, 15) is 18.0 Å². The van der Waals surface area contributed by atoms with E-state index in [-0.39, 0.29) is 23.9 Å². The van der Waals surface area contributed by atoms with Crippen LogP contribution in [0.5, 0.6) is 0 Å². The molecule has 0 aliphatic rings. The average molecular weight is 456 g/mol. The van der Waals surface area contributed by atoms with E-state index in [2.05, 4.69) is 10.6 Å². The summed E-state index contributed by atoms with van der Waals surface area (Å²) in [6.07, 6.45) is 1.44. The zero-order valence-corrected chi connectivity index (χ0v) is 18.7. The quantitative estimate of drug-likeness (QED) is 0.516. The fraction of sp³-hybridized carbons (Fsp3) is 0.217. The van der Waals surface area contributed by atoms with Crippen LogP contribution in [0.15, 0.2) is 76.2 Å². The number of benzene rings is 2. The normalized spacial score (nSPS) is 11.3. The molecule has 0 atom stereocenters. The molecule has 0 bridgehead atoms. The Morgan fingerprint density at radius 2 is 1.69 bits per heavy atom. The highest BCUT2D eigenvalue weighted by atomic mass is 32.2. The number of rotatable bonds is 9. The van der Waals surface area contributed by atoms with E-state index in [0.717, 1.165) is 15.4 Å². The predicted octanol–water partition coefficient (Wildman–Crippen LogP) is 3.05. The second kappa shape index (κ2) is 10.3. The van der Waals surface area contributed by atoms with Gasteiger partial charge in [-0.25, -0.2) is 8.42 Å². The summed E-state index contributed by atoms with van der Waals surface area (Å²) in [5, 5.41) is 5.35. The molecule has 2 aromatic carbocycles. The van der Waals surface area contributed by atoms with Gasteiger partial charge >= 0.3 is 0 Å². The molecule has 2 N–H and O–H groups in total. The van der Waals surface area contributed by atoms with Crippen LogP contribution in [0.1, 0.15) is 23.8 Å². The van der Waals surface area contributed by atoms with Crippen LogP contribution < -0.4 is 10.6 Å². The summed E-state index contributed by atoms with van der Waals surface area (Å²) in [5.41, 5.74) is 2.50. The molecule has 168 valence electrons. The molecule has 1 heterocycles. The predicted molar refractivity (Wildman–Crippen MR) is 120 cm³/mol. The second-order valence-corrected chi connectivity index (χ2v) is 9.26. The zero-order valence-electron chi connectivity index (χ0n) is 17.9. The molecule has 3 rings (SSSR count). The van der Waals surface area contributed by atoms with Crippen molar-refractivity contribution in [2.24, 2.45) is 0 Å². The first-order valence-electron chi connectivity index (χ1n) is 9.96. The van der Waals surface area contributed by atoms with E-state index in [1.54, 1.807) is 12.1 Å². The Bertz CT molecular complexity index is 1160. The van der Waals surface area contributed by atoms with Crippen molar-refractivity contribution < 1.29 is 22.4 Å². The molecule has 3 aromatic rings. The summed E-state index contributed by atoms with van der Waals surface area (Å²) in [6, 6.07) is 16.8. The van der Waals surface area contributed by atoms with Crippen molar-refractivity contribution in [2.45, 2.75) is 31.8 Å². The molecular weight excluding hydrogens is 430 g/mol. The molecular formula is C23H25N3O5S. The Morgan fingerprint density at radius 1 is 1.00 bits per heavy atom. The van der Waals surface area contributed by atoms with E-state index in [4.69, 9.17) is 4.42 Å². The second-order valence-electron chi connectivity index (χ2n) is 7.32. The number of nitrogens with one attached hydrogen (secondary N) is 2. The fourth-order valence-electron chi connectivity index (χ4n) is 2.99. The van der Waals surface area contributed by atoms with Gasteiger partial charge in [0.2, 0.25) is 21.8 Å². The molecule has 0 spiro atoms. The number of anilines is 1. The van der Waals surface area contributed by atoms with Gasteiger partial charge in [-0.05, 0) is 48.9 Å². The average Bonchev–Trinajstić information content (AvgIpc) is 3.26. The van der Waals surface area contributed by atoms with Gasteiger partial charge in [-0.1, -0.05) is 29.8 Å². The summed E-state index contributed by atoms with van der Waals surface area (Å²) in [6.45, 7) is 3.16. The summed E-state index contributed by atoms with van der Waals surface area (Å²) < 4.78 is 32.9. The van der Waals surface area contributed by atoms with Crippen molar-refractivity contribution in [3.63, 3.8) is 0 Å². The monoisotopic (exact) mass is 455 g/mol. The first kappa shape index (κ1) is 23.2. The van der Waals surface area contributed by atoms with E-state index in [1.807, 2.05) is 31.2 Å². The molecule has 32 heavy (non-hydrogen) atoms. The topological polar surface area (TPSA) is 109 Å². The number of nitrogens with zero attached hydrogens (tertiary/aromatic N) is 1. The van der Waals surface area contributed by atoms with Gasteiger partial charge in [-0.15, -0.1) is 0 Å². The number of aryl methyl sites for hydroxylation is 1. The molecule has 0 fully saturated rings. The van der Waals surface area contributed by atoms with E-state index < -0.39 is 15.9 Å². The number of amides is 2. The fourth-order valence-corrected chi connectivity index (χ4v) is 4.35. The molecule has 0 aliphatic heterocycles. The van der Waals surface area contributed by atoms with Crippen molar-refractivity contribution in [1.82, 2.24) is 9.62 Å². The van der Waals surface area contributed by atoms with Gasteiger partial charge in [-0.3, -0.25) is 9.59 Å². The highest BCUT2D eigenvalue weighted by molar-refractivity contribution is 7.89. The number of hydrogen-bond donors (Lipinski definition) is 2. The highest BCUT2D eigenvalue weighted by Crippen LogP contribution is 2.21. The van der Waals surface area contributed by atoms with Gasteiger partial charge in [0.1, 0.15) is 5.76 Å². The van der Waals surface area contributed by atoms with E-state index in [0.29, 0.717) is 18.0 Å². The van der Waals surface area contributed by atoms with Crippen LogP contribution in [-0.4, -0.2) is 31.1 Å². The largest absolute Gasteiger partial charge is 0.468 e. The first-order chi connectivity index (χ1) is 15.2. The summed E-state index contributed by atoms with van der Waals surface area (Å²) in [7, 11) is -4.01. The summed E-state index contributed by atoms with van der Waals surface area (Å²) in [5.74, 6) is -0.282. The first-order valence-corrected chi connectivity index (χ1v) is 11.4. The van der Waals surface area contributed by atoms with E-state index in [1.165, 1.54) is 37.5 Å². The van der Waals surface area contributed by atoms with Gasteiger partial charge < -0.3 is 15.1 Å². The zero-order chi connectivity index (χ0) is 23.1. The third-order valence-corrected chi connectivity index (χ3v) is 6.46. The SMILES string of the molecule is CC(=O)Nc1ccc(S(=O)(=O)N(CC(=O)NCc2ccc(C)cc2)Cc2ccco2)cc1. The molecule has 0 radical (unpaired) electrons. The summed E-state index contributed by atoms with van der Waals surface area (Å²) >= 11 is 0. The molecule has 0 saturated carbocycles. The Balaban J connectivity index is 1.75. The maximum Gasteiger partial charge on any atom is 0.243 e. The lowest BCUT2D eigenvalue weighted by Gasteiger charge is -2.21. The third kappa shape index (κ3) is 6.29. The van der Waals surface area contributed by atoms with Crippen molar-refractivity contribution in [1.29, 1.82) is 0 Å². The standard InChI is InChI=1S/C23H25N3O5S/c1-17-5-7-19(8-6-17)14-24-23(28)16-26(15-21-4-3-13-31-21)32(29,30)22-11-9-20(10-12-22)25-18(2)27/h3-13H,14-16H2,1-2H3,(H,24,28)(H,25,27). The Kier molecular flexibility index (Phi) is 7.45. The van der Waals surface area contributed by atoms with Gasteiger partial charge in [0.25, 0.3) is 0 Å². The lowest BCUT2D eigenvalue weighted by atomic mass is 10.1. The number of hydrogen-bond acceptors (Lipinski definition) is 5. The van der Waals surface area contributed by atoms with Crippen molar-refractivity contribution in [3.05, 3.63) is 83.8 Å². The van der Waals surface area contributed by atoms with Crippen molar-refractivity contribution in [2.75, 3.05) is 11.9 Å². The number of carbonyl (C=O) groups is 2. The number of furan rings is 1. The van der Waals surface area contributed by atoms with Gasteiger partial charge in [0, 0.05) is 19.2 Å². The molecule has 9 heteroatoms. The lowest BCUT2D eigenvalue weighted by Crippen LogP contribution is -2.40. The van der Waals surface area contributed by atoms with Crippen LogP contribution in [0.25, 0.3) is 0 Å². The Labute approximate surface area is 187 Å². The van der Waals surface area contributed by atoms with Crippen LogP contribution >= 0.6 is 0 Å². The van der Waals surface area contributed by atoms with Crippen LogP contribution in [-0.2, 0) is 32.7 Å². The molecule has 0 unspecified atom stereocenters. The maximum atomic E-state index is 13.3. The van der Waals surface area contributed by atoms with Crippen LogP contribution in [0.4, 0.5) is 5.69 Å². The van der Waals surface area contributed by atoms with Gasteiger partial charge in [0.05, 0.1) is 24.2 Å². The van der Waals surface area contributed by atoms with Crippen molar-refractivity contribution in [3.8, 4) is 0 Å². The van der Waals surface area contributed by atoms with Crippen molar-refractivity contribution >= 4 is 27.5 Å². The maximum absolute atomic E-state index is 13.3. The Hall–Kier alpha value is -3.43. The van der Waals surface area contributed by atoms with Gasteiger partial charge in [-0.2, -0.15) is 4.31 Å². The van der Waals surface area contributed by atoms with Crippen LogP contribution in [0.3, 0.4) is 0 Å².